The minimum Gasteiger partial charge on any atom is -0.467 e. The lowest BCUT2D eigenvalue weighted by atomic mass is 10.0. The summed E-state index contributed by atoms with van der Waals surface area (Å²) in [4.78, 5) is 24.1. The van der Waals surface area contributed by atoms with Crippen molar-refractivity contribution >= 4 is 11.9 Å². The van der Waals surface area contributed by atoms with Gasteiger partial charge in [-0.05, 0) is 29.3 Å². The first kappa shape index (κ1) is 20.4. The minimum absolute atomic E-state index is 0.0151. The molecule has 0 fully saturated rings. The second-order valence-electron chi connectivity index (χ2n) is 5.85. The number of rotatable bonds is 6. The van der Waals surface area contributed by atoms with Crippen molar-refractivity contribution in [2.45, 2.75) is 25.1 Å². The molecule has 0 saturated heterocycles. The third kappa shape index (κ3) is 6.09. The third-order valence-corrected chi connectivity index (χ3v) is 3.77. The van der Waals surface area contributed by atoms with Crippen LogP contribution in [0.4, 0.5) is 17.6 Å². The molecule has 1 N–H and O–H groups in total. The molecule has 0 heterocycles. The van der Waals surface area contributed by atoms with E-state index in [2.05, 4.69) is 10.1 Å². The Labute approximate surface area is 153 Å². The van der Waals surface area contributed by atoms with Crippen molar-refractivity contribution in [3.63, 3.8) is 0 Å². The topological polar surface area (TPSA) is 55.4 Å². The van der Waals surface area contributed by atoms with Crippen molar-refractivity contribution in [3.8, 4) is 0 Å². The monoisotopic (exact) mass is 383 g/mol. The van der Waals surface area contributed by atoms with Crippen molar-refractivity contribution < 1.29 is 31.9 Å². The largest absolute Gasteiger partial charge is 0.467 e. The van der Waals surface area contributed by atoms with Crippen molar-refractivity contribution in [2.75, 3.05) is 7.11 Å². The molecule has 1 amide bonds. The second-order valence-corrected chi connectivity index (χ2v) is 5.85. The number of carbonyl (C=O) groups is 2. The molecule has 0 saturated carbocycles. The van der Waals surface area contributed by atoms with E-state index in [1.54, 1.807) is 6.07 Å². The summed E-state index contributed by atoms with van der Waals surface area (Å²) in [6.45, 7) is 0. The Morgan fingerprint density at radius 2 is 1.74 bits per heavy atom. The molecule has 0 aliphatic heterocycles. The van der Waals surface area contributed by atoms with Crippen LogP contribution in [0.2, 0.25) is 0 Å². The number of hydrogen-bond donors (Lipinski definition) is 1. The molecule has 0 aliphatic rings. The highest BCUT2D eigenvalue weighted by molar-refractivity contribution is 5.85. The van der Waals surface area contributed by atoms with Gasteiger partial charge in [0.05, 0.1) is 19.1 Å². The molecule has 2 aromatic rings. The van der Waals surface area contributed by atoms with Gasteiger partial charge >= 0.3 is 12.1 Å². The number of ether oxygens (including phenoxy) is 1. The summed E-state index contributed by atoms with van der Waals surface area (Å²) in [7, 11) is 1.14. The van der Waals surface area contributed by atoms with Crippen LogP contribution in [-0.2, 0) is 33.3 Å². The van der Waals surface area contributed by atoms with Gasteiger partial charge in [0.1, 0.15) is 11.9 Å². The number of benzene rings is 2. The lowest BCUT2D eigenvalue weighted by Crippen LogP contribution is -2.43. The molecule has 27 heavy (non-hydrogen) atoms. The average Bonchev–Trinajstić information content (AvgIpc) is 2.60. The highest BCUT2D eigenvalue weighted by atomic mass is 19.4. The van der Waals surface area contributed by atoms with Crippen LogP contribution >= 0.6 is 0 Å². The van der Waals surface area contributed by atoms with E-state index >= 15 is 0 Å². The quantitative estimate of drug-likeness (QED) is 0.615. The first-order valence-corrected chi connectivity index (χ1v) is 7.97. The fourth-order valence-corrected chi connectivity index (χ4v) is 2.52. The van der Waals surface area contributed by atoms with E-state index in [4.69, 9.17) is 0 Å². The normalized spacial score (nSPS) is 12.3. The minimum atomic E-state index is -4.52. The maximum atomic E-state index is 13.3. The number of halogens is 4. The Morgan fingerprint density at radius 1 is 1.07 bits per heavy atom. The molecule has 0 aromatic heterocycles. The van der Waals surface area contributed by atoms with Crippen LogP contribution in [0, 0.1) is 5.82 Å². The van der Waals surface area contributed by atoms with Gasteiger partial charge in [-0.25, -0.2) is 9.18 Å². The molecule has 0 unspecified atom stereocenters. The highest BCUT2D eigenvalue weighted by Crippen LogP contribution is 2.29. The van der Waals surface area contributed by atoms with Crippen LogP contribution in [0.3, 0.4) is 0 Å². The van der Waals surface area contributed by atoms with Gasteiger partial charge in [-0.1, -0.05) is 30.3 Å². The predicted molar refractivity (Wildman–Crippen MR) is 89.2 cm³/mol. The van der Waals surface area contributed by atoms with E-state index in [1.165, 1.54) is 30.3 Å². The van der Waals surface area contributed by atoms with E-state index in [9.17, 15) is 27.2 Å². The molecule has 144 valence electrons. The van der Waals surface area contributed by atoms with Crippen LogP contribution in [0.25, 0.3) is 0 Å². The number of hydrogen-bond acceptors (Lipinski definition) is 3. The lowest BCUT2D eigenvalue weighted by Gasteiger charge is -2.17. The SMILES string of the molecule is COC(=O)[C@H](Cc1cccc(F)c1)NC(=O)Cc1cccc(C(F)(F)F)c1. The van der Waals surface area contributed by atoms with Crippen LogP contribution in [0.5, 0.6) is 0 Å². The maximum Gasteiger partial charge on any atom is 0.416 e. The Kier molecular flexibility index (Phi) is 6.55. The first-order chi connectivity index (χ1) is 12.7. The second kappa shape index (κ2) is 8.66. The van der Waals surface area contributed by atoms with Gasteiger partial charge in [0.25, 0.3) is 0 Å². The molecule has 0 radical (unpaired) electrons. The molecule has 8 heteroatoms. The Balaban J connectivity index is 2.09. The van der Waals surface area contributed by atoms with E-state index in [-0.39, 0.29) is 18.4 Å². The van der Waals surface area contributed by atoms with Crippen LogP contribution < -0.4 is 5.32 Å². The summed E-state index contributed by atoms with van der Waals surface area (Å²) >= 11 is 0. The van der Waals surface area contributed by atoms with Crippen molar-refractivity contribution in [3.05, 3.63) is 71.0 Å². The van der Waals surface area contributed by atoms with Crippen LogP contribution in [-0.4, -0.2) is 25.0 Å². The maximum absolute atomic E-state index is 13.3. The van der Waals surface area contributed by atoms with E-state index < -0.39 is 35.5 Å². The molecule has 0 bridgehead atoms. The van der Waals surface area contributed by atoms with Gasteiger partial charge < -0.3 is 10.1 Å². The third-order valence-electron chi connectivity index (χ3n) is 3.77. The highest BCUT2D eigenvalue weighted by Gasteiger charge is 2.30. The number of nitrogens with one attached hydrogen (secondary N) is 1. The molecule has 1 atom stereocenters. The Morgan fingerprint density at radius 3 is 2.37 bits per heavy atom. The summed E-state index contributed by atoms with van der Waals surface area (Å²) in [5, 5.41) is 2.43. The molecular formula is C19H17F4NO3. The fraction of sp³-hybridized carbons (Fsp3) is 0.263. The number of alkyl halides is 3. The van der Waals surface area contributed by atoms with E-state index in [0.717, 1.165) is 19.2 Å². The van der Waals surface area contributed by atoms with Crippen molar-refractivity contribution in [1.82, 2.24) is 5.32 Å². The van der Waals surface area contributed by atoms with Gasteiger partial charge in [0.15, 0.2) is 0 Å². The summed E-state index contributed by atoms with van der Waals surface area (Å²) in [6, 6.07) is 8.78. The van der Waals surface area contributed by atoms with Gasteiger partial charge in [0, 0.05) is 6.42 Å². The van der Waals surface area contributed by atoms with Crippen molar-refractivity contribution in [1.29, 1.82) is 0 Å². The number of methoxy groups -OCH3 is 1. The lowest BCUT2D eigenvalue weighted by molar-refractivity contribution is -0.145. The van der Waals surface area contributed by atoms with Crippen LogP contribution in [0.1, 0.15) is 16.7 Å². The molecule has 0 spiro atoms. The Hall–Kier alpha value is -2.90. The van der Waals surface area contributed by atoms with Crippen LogP contribution in [0.15, 0.2) is 48.5 Å². The first-order valence-electron chi connectivity index (χ1n) is 7.97. The molecule has 4 nitrogen and oxygen atoms in total. The van der Waals surface area contributed by atoms with E-state index in [0.29, 0.717) is 5.56 Å². The number of carbonyl (C=O) groups excluding carboxylic acids is 2. The zero-order valence-corrected chi connectivity index (χ0v) is 14.3. The summed E-state index contributed by atoms with van der Waals surface area (Å²) < 4.78 is 56.2. The molecule has 0 aliphatic carbocycles. The smallest absolute Gasteiger partial charge is 0.416 e. The van der Waals surface area contributed by atoms with E-state index in [1.807, 2.05) is 0 Å². The Bertz CT molecular complexity index is 821. The summed E-state index contributed by atoms with van der Waals surface area (Å²) in [6.07, 6.45) is -4.88. The molecular weight excluding hydrogens is 366 g/mol. The standard InChI is InChI=1S/C19H17F4NO3/c1-27-18(26)16(10-13-5-3-7-15(20)9-13)24-17(25)11-12-4-2-6-14(8-12)19(21,22)23/h2-9,16H,10-11H2,1H3,(H,24,25)/t16-/m0/s1. The zero-order valence-electron chi connectivity index (χ0n) is 14.3. The molecule has 2 aromatic carbocycles. The summed E-state index contributed by atoms with van der Waals surface area (Å²) in [5.41, 5.74) is -0.251. The average molecular weight is 383 g/mol. The zero-order chi connectivity index (χ0) is 20.0. The van der Waals surface area contributed by atoms with Gasteiger partial charge in [-0.3, -0.25) is 4.79 Å². The van der Waals surface area contributed by atoms with Gasteiger partial charge in [-0.15, -0.1) is 0 Å². The number of amides is 1. The predicted octanol–water partition coefficient (Wildman–Crippen LogP) is 3.29. The summed E-state index contributed by atoms with van der Waals surface area (Å²) in [5.74, 6) is -1.89. The van der Waals surface area contributed by atoms with Crippen molar-refractivity contribution in [2.24, 2.45) is 0 Å². The fourth-order valence-electron chi connectivity index (χ4n) is 2.52. The van der Waals surface area contributed by atoms with Gasteiger partial charge in [-0.2, -0.15) is 13.2 Å². The molecule has 2 rings (SSSR count). The van der Waals surface area contributed by atoms with Gasteiger partial charge in [0.2, 0.25) is 5.91 Å². The number of esters is 1.